The topological polar surface area (TPSA) is 43.8 Å². The highest BCUT2D eigenvalue weighted by molar-refractivity contribution is 5.78. The third-order valence-corrected chi connectivity index (χ3v) is 2.84. The van der Waals surface area contributed by atoms with E-state index in [1.165, 1.54) is 0 Å². The van der Waals surface area contributed by atoms with Crippen LogP contribution in [-0.2, 0) is 4.79 Å². The Hall–Kier alpha value is -0.610. The highest BCUT2D eigenvalue weighted by Gasteiger charge is 2.18. The molecule has 0 bridgehead atoms. The molecule has 1 N–H and O–H groups in total. The van der Waals surface area contributed by atoms with Crippen molar-refractivity contribution in [3.05, 3.63) is 0 Å². The molecule has 0 aliphatic heterocycles. The molecule has 0 unspecified atom stereocenters. The largest absolute Gasteiger partial charge is 0.395 e. The molecule has 4 nitrogen and oxygen atoms in total. The van der Waals surface area contributed by atoms with Crippen LogP contribution in [0.5, 0.6) is 0 Å². The zero-order chi connectivity index (χ0) is 14.8. The van der Waals surface area contributed by atoms with Crippen LogP contribution in [0, 0.1) is 11.8 Å². The Morgan fingerprint density at radius 2 is 1.58 bits per heavy atom. The summed E-state index contributed by atoms with van der Waals surface area (Å²) in [6.07, 6.45) is 1.00. The number of hydrogen-bond donors (Lipinski definition) is 1. The van der Waals surface area contributed by atoms with Crippen molar-refractivity contribution in [3.63, 3.8) is 0 Å². The van der Waals surface area contributed by atoms with Crippen molar-refractivity contribution in [3.8, 4) is 0 Å². The molecule has 4 heteroatoms. The SMILES string of the molecule is CCCN(CCO)CC(=O)N(CC(C)C)CC(C)C. The molecule has 0 heterocycles. The summed E-state index contributed by atoms with van der Waals surface area (Å²) in [7, 11) is 0. The van der Waals surface area contributed by atoms with Crippen LogP contribution < -0.4 is 0 Å². The average molecular weight is 272 g/mol. The van der Waals surface area contributed by atoms with Gasteiger partial charge in [-0.05, 0) is 24.8 Å². The number of aliphatic hydroxyl groups is 1. The molecule has 0 aromatic heterocycles. The zero-order valence-corrected chi connectivity index (χ0v) is 13.4. The van der Waals surface area contributed by atoms with E-state index < -0.39 is 0 Å². The van der Waals surface area contributed by atoms with Crippen molar-refractivity contribution in [2.45, 2.75) is 41.0 Å². The lowest BCUT2D eigenvalue weighted by atomic mass is 10.1. The van der Waals surface area contributed by atoms with Gasteiger partial charge in [-0.15, -0.1) is 0 Å². The van der Waals surface area contributed by atoms with Crippen molar-refractivity contribution in [2.24, 2.45) is 11.8 Å². The van der Waals surface area contributed by atoms with Gasteiger partial charge >= 0.3 is 0 Å². The Morgan fingerprint density at radius 1 is 1.05 bits per heavy atom. The van der Waals surface area contributed by atoms with Gasteiger partial charge in [-0.25, -0.2) is 0 Å². The van der Waals surface area contributed by atoms with E-state index in [0.717, 1.165) is 26.1 Å². The fraction of sp³-hybridized carbons (Fsp3) is 0.933. The van der Waals surface area contributed by atoms with E-state index in [-0.39, 0.29) is 12.5 Å². The molecular weight excluding hydrogens is 240 g/mol. The summed E-state index contributed by atoms with van der Waals surface area (Å²) in [6, 6.07) is 0. The molecule has 0 radical (unpaired) electrons. The van der Waals surface area contributed by atoms with Gasteiger partial charge < -0.3 is 10.0 Å². The second-order valence-electron chi connectivity index (χ2n) is 6.09. The van der Waals surface area contributed by atoms with E-state index in [1.54, 1.807) is 0 Å². The van der Waals surface area contributed by atoms with E-state index in [0.29, 0.717) is 24.9 Å². The minimum Gasteiger partial charge on any atom is -0.395 e. The molecule has 19 heavy (non-hydrogen) atoms. The maximum absolute atomic E-state index is 12.4. The van der Waals surface area contributed by atoms with Gasteiger partial charge in [0.1, 0.15) is 0 Å². The molecule has 0 fully saturated rings. The fourth-order valence-corrected chi connectivity index (χ4v) is 2.18. The van der Waals surface area contributed by atoms with Gasteiger partial charge in [-0.3, -0.25) is 9.69 Å². The van der Waals surface area contributed by atoms with E-state index in [1.807, 2.05) is 9.80 Å². The van der Waals surface area contributed by atoms with E-state index in [4.69, 9.17) is 5.11 Å². The summed E-state index contributed by atoms with van der Waals surface area (Å²) in [5.41, 5.74) is 0. The van der Waals surface area contributed by atoms with Crippen LogP contribution in [0.25, 0.3) is 0 Å². The molecule has 1 amide bonds. The molecule has 114 valence electrons. The minimum absolute atomic E-state index is 0.113. The second kappa shape index (κ2) is 10.2. The standard InChI is InChI=1S/C15H32N2O2/c1-6-7-16(8-9-18)12-15(19)17(10-13(2)3)11-14(4)5/h13-14,18H,6-12H2,1-5H3. The molecule has 0 atom stereocenters. The first-order valence-electron chi connectivity index (χ1n) is 7.51. The van der Waals surface area contributed by atoms with Crippen LogP contribution >= 0.6 is 0 Å². The summed E-state index contributed by atoms with van der Waals surface area (Å²) in [5.74, 6) is 1.16. The van der Waals surface area contributed by atoms with Crippen LogP contribution in [0.2, 0.25) is 0 Å². The molecule has 0 spiro atoms. The van der Waals surface area contributed by atoms with Gasteiger partial charge in [-0.1, -0.05) is 34.6 Å². The third kappa shape index (κ3) is 9.00. The summed E-state index contributed by atoms with van der Waals surface area (Å²) in [6.45, 7) is 14.3. The van der Waals surface area contributed by atoms with E-state index in [9.17, 15) is 4.79 Å². The Kier molecular flexibility index (Phi) is 9.88. The number of amides is 1. The number of carbonyl (C=O) groups excluding carboxylic acids is 1. The van der Waals surface area contributed by atoms with Gasteiger partial charge in [0, 0.05) is 19.6 Å². The van der Waals surface area contributed by atoms with Gasteiger partial charge in [0.05, 0.1) is 13.2 Å². The molecule has 0 saturated carbocycles. The Labute approximate surface area is 118 Å². The number of nitrogens with zero attached hydrogens (tertiary/aromatic N) is 2. The predicted octanol–water partition coefficient (Wildman–Crippen LogP) is 1.83. The predicted molar refractivity (Wildman–Crippen MR) is 80.1 cm³/mol. The average Bonchev–Trinajstić information content (AvgIpc) is 2.27. The normalized spacial score (nSPS) is 11.6. The first-order chi connectivity index (χ1) is 8.90. The molecule has 0 aliphatic carbocycles. The van der Waals surface area contributed by atoms with E-state index >= 15 is 0 Å². The lowest BCUT2D eigenvalue weighted by Crippen LogP contribution is -2.44. The molecular formula is C15H32N2O2. The number of rotatable bonds is 10. The Morgan fingerprint density at radius 3 is 1.95 bits per heavy atom. The number of hydrogen-bond acceptors (Lipinski definition) is 3. The van der Waals surface area contributed by atoms with Crippen LogP contribution in [0.1, 0.15) is 41.0 Å². The molecule has 0 rings (SSSR count). The highest BCUT2D eigenvalue weighted by atomic mass is 16.3. The van der Waals surface area contributed by atoms with Gasteiger partial charge in [0.2, 0.25) is 5.91 Å². The Bertz CT molecular complexity index is 226. The number of aliphatic hydroxyl groups excluding tert-OH is 1. The van der Waals surface area contributed by atoms with Gasteiger partial charge in [0.25, 0.3) is 0 Å². The van der Waals surface area contributed by atoms with Crippen LogP contribution in [0.15, 0.2) is 0 Å². The smallest absolute Gasteiger partial charge is 0.236 e. The van der Waals surface area contributed by atoms with Crippen LogP contribution in [0.3, 0.4) is 0 Å². The number of carbonyl (C=O) groups is 1. The van der Waals surface area contributed by atoms with E-state index in [2.05, 4.69) is 34.6 Å². The summed E-state index contributed by atoms with van der Waals surface area (Å²) < 4.78 is 0. The van der Waals surface area contributed by atoms with Crippen molar-refractivity contribution < 1.29 is 9.90 Å². The summed E-state index contributed by atoms with van der Waals surface area (Å²) in [4.78, 5) is 16.4. The molecule has 0 saturated heterocycles. The summed E-state index contributed by atoms with van der Waals surface area (Å²) >= 11 is 0. The Balaban J connectivity index is 4.49. The maximum atomic E-state index is 12.4. The maximum Gasteiger partial charge on any atom is 0.236 e. The fourth-order valence-electron chi connectivity index (χ4n) is 2.18. The molecule has 0 aromatic rings. The highest BCUT2D eigenvalue weighted by Crippen LogP contribution is 2.05. The molecule has 0 aliphatic rings. The van der Waals surface area contributed by atoms with Gasteiger partial charge in [0.15, 0.2) is 0 Å². The lowest BCUT2D eigenvalue weighted by Gasteiger charge is -2.29. The first kappa shape index (κ1) is 18.4. The minimum atomic E-state index is 0.113. The van der Waals surface area contributed by atoms with Crippen LogP contribution in [-0.4, -0.2) is 60.1 Å². The molecule has 0 aromatic carbocycles. The third-order valence-electron chi connectivity index (χ3n) is 2.84. The lowest BCUT2D eigenvalue weighted by molar-refractivity contribution is -0.133. The monoisotopic (exact) mass is 272 g/mol. The first-order valence-corrected chi connectivity index (χ1v) is 7.51. The second-order valence-corrected chi connectivity index (χ2v) is 6.09. The van der Waals surface area contributed by atoms with Crippen molar-refractivity contribution in [1.82, 2.24) is 9.80 Å². The quantitative estimate of drug-likeness (QED) is 0.660. The summed E-state index contributed by atoms with van der Waals surface area (Å²) in [5, 5.41) is 9.04. The van der Waals surface area contributed by atoms with Crippen molar-refractivity contribution in [2.75, 3.05) is 39.3 Å². The zero-order valence-electron chi connectivity index (χ0n) is 13.4. The van der Waals surface area contributed by atoms with Crippen LogP contribution in [0.4, 0.5) is 0 Å². The van der Waals surface area contributed by atoms with Crippen molar-refractivity contribution >= 4 is 5.91 Å². The van der Waals surface area contributed by atoms with Crippen molar-refractivity contribution in [1.29, 1.82) is 0 Å². The van der Waals surface area contributed by atoms with Gasteiger partial charge in [-0.2, -0.15) is 0 Å².